The van der Waals surface area contributed by atoms with E-state index in [0.717, 1.165) is 53.9 Å². The molecule has 0 saturated heterocycles. The minimum Gasteiger partial charge on any atom is -0.369 e. The Morgan fingerprint density at radius 1 is 1.17 bits per heavy atom. The van der Waals surface area contributed by atoms with E-state index in [1.54, 1.807) is 17.1 Å². The van der Waals surface area contributed by atoms with Crippen LogP contribution in [-0.4, -0.2) is 40.8 Å². The number of fused-ring (bicyclic) bond motifs is 2. The number of aryl methyl sites for hydroxylation is 1. The second-order valence-electron chi connectivity index (χ2n) is 7.64. The molecule has 29 heavy (non-hydrogen) atoms. The van der Waals surface area contributed by atoms with Gasteiger partial charge >= 0.3 is 0 Å². The zero-order chi connectivity index (χ0) is 20.0. The molecular formula is C20H20N8O. The summed E-state index contributed by atoms with van der Waals surface area (Å²) >= 11 is 0. The van der Waals surface area contributed by atoms with E-state index < -0.39 is 0 Å². The Hall–Kier alpha value is -3.49. The summed E-state index contributed by atoms with van der Waals surface area (Å²) < 4.78 is 1.71. The summed E-state index contributed by atoms with van der Waals surface area (Å²) in [7, 11) is 0. The number of carbonyl (C=O) groups excluding carboxylic acids is 1. The summed E-state index contributed by atoms with van der Waals surface area (Å²) in [4.78, 5) is 29.3. The molecule has 2 atom stereocenters. The highest BCUT2D eigenvalue weighted by atomic mass is 16.1. The molecule has 1 amide bonds. The molecule has 3 heterocycles. The Balaban J connectivity index is 1.47. The predicted molar refractivity (Wildman–Crippen MR) is 106 cm³/mol. The van der Waals surface area contributed by atoms with Gasteiger partial charge in [-0.25, -0.2) is 19.9 Å². The summed E-state index contributed by atoms with van der Waals surface area (Å²) in [6.45, 7) is 1.87. The van der Waals surface area contributed by atoms with E-state index in [2.05, 4.69) is 25.3 Å². The van der Waals surface area contributed by atoms with Gasteiger partial charge in [0.15, 0.2) is 11.2 Å². The van der Waals surface area contributed by atoms with Crippen molar-refractivity contribution in [2.24, 2.45) is 17.6 Å². The molecule has 9 nitrogen and oxygen atoms in total. The average Bonchev–Trinajstić information content (AvgIpc) is 3.34. The van der Waals surface area contributed by atoms with E-state index >= 15 is 0 Å². The first-order valence-corrected chi connectivity index (χ1v) is 9.67. The molecule has 146 valence electrons. The Morgan fingerprint density at radius 3 is 2.90 bits per heavy atom. The second kappa shape index (κ2) is 6.84. The zero-order valence-corrected chi connectivity index (χ0v) is 16.0. The highest BCUT2D eigenvalue weighted by Gasteiger charge is 2.29. The van der Waals surface area contributed by atoms with Crippen LogP contribution < -0.4 is 5.73 Å². The molecule has 9 heteroatoms. The van der Waals surface area contributed by atoms with Crippen molar-refractivity contribution in [2.75, 3.05) is 0 Å². The number of primary amides is 1. The third-order valence-corrected chi connectivity index (χ3v) is 5.59. The second-order valence-corrected chi connectivity index (χ2v) is 7.64. The smallest absolute Gasteiger partial charge is 0.220 e. The molecule has 1 aliphatic rings. The largest absolute Gasteiger partial charge is 0.369 e. The fourth-order valence-corrected chi connectivity index (χ4v) is 4.06. The molecule has 5 rings (SSSR count). The van der Waals surface area contributed by atoms with Gasteiger partial charge < -0.3 is 5.73 Å². The number of nitrogens with two attached hydrogens (primary N) is 1. The van der Waals surface area contributed by atoms with Crippen molar-refractivity contribution in [1.82, 2.24) is 34.9 Å². The van der Waals surface area contributed by atoms with Crippen LogP contribution in [0.25, 0.3) is 27.8 Å². The molecule has 1 fully saturated rings. The van der Waals surface area contributed by atoms with Crippen molar-refractivity contribution in [3.8, 4) is 5.69 Å². The van der Waals surface area contributed by atoms with Crippen molar-refractivity contribution < 1.29 is 4.79 Å². The SMILES string of the molecule is Cc1ncc2cc(-n3nnc4cnc(C[C@@H]5CC[C@@H](C(N)=O)C5)nc43)ccc2n1. The highest BCUT2D eigenvalue weighted by Crippen LogP contribution is 2.32. The van der Waals surface area contributed by atoms with Crippen molar-refractivity contribution in [2.45, 2.75) is 32.6 Å². The van der Waals surface area contributed by atoms with Crippen LogP contribution in [0.3, 0.4) is 0 Å². The van der Waals surface area contributed by atoms with Gasteiger partial charge in [0.25, 0.3) is 0 Å². The molecule has 1 aliphatic carbocycles. The third kappa shape index (κ3) is 3.28. The Kier molecular flexibility index (Phi) is 4.15. The molecular weight excluding hydrogens is 368 g/mol. The van der Waals surface area contributed by atoms with Crippen LogP contribution >= 0.6 is 0 Å². The molecule has 1 aromatic carbocycles. The Bertz CT molecular complexity index is 1230. The Labute approximate surface area is 166 Å². The van der Waals surface area contributed by atoms with Gasteiger partial charge in [0.1, 0.15) is 11.6 Å². The first-order valence-electron chi connectivity index (χ1n) is 9.67. The van der Waals surface area contributed by atoms with Gasteiger partial charge in [-0.3, -0.25) is 4.79 Å². The molecule has 0 unspecified atom stereocenters. The van der Waals surface area contributed by atoms with Crippen LogP contribution in [0, 0.1) is 18.8 Å². The summed E-state index contributed by atoms with van der Waals surface area (Å²) in [5.74, 6) is 1.60. The number of carbonyl (C=O) groups is 1. The third-order valence-electron chi connectivity index (χ3n) is 5.59. The molecule has 0 radical (unpaired) electrons. The molecule has 1 saturated carbocycles. The van der Waals surface area contributed by atoms with Gasteiger partial charge in [0.05, 0.1) is 17.4 Å². The first kappa shape index (κ1) is 17.6. The van der Waals surface area contributed by atoms with E-state index in [0.29, 0.717) is 17.1 Å². The summed E-state index contributed by atoms with van der Waals surface area (Å²) in [5.41, 5.74) is 8.46. The normalized spacial score (nSPS) is 19.2. The van der Waals surface area contributed by atoms with Crippen LogP contribution in [0.15, 0.2) is 30.6 Å². The lowest BCUT2D eigenvalue weighted by Crippen LogP contribution is -2.21. The van der Waals surface area contributed by atoms with Crippen molar-refractivity contribution in [3.63, 3.8) is 0 Å². The van der Waals surface area contributed by atoms with Crippen molar-refractivity contribution >= 4 is 28.0 Å². The standard InChI is InChI=1S/C20H20N8O/c1-11-22-9-14-8-15(4-5-16(14)24-11)28-20-17(26-27-28)10-23-18(25-20)7-12-2-3-13(6-12)19(21)29/h4-5,8-10,12-13H,2-3,6-7H2,1H3,(H2,21,29)/t12-,13-/m1/s1. The lowest BCUT2D eigenvalue weighted by atomic mass is 10.0. The maximum absolute atomic E-state index is 11.4. The fourth-order valence-electron chi connectivity index (χ4n) is 4.06. The van der Waals surface area contributed by atoms with E-state index in [-0.39, 0.29) is 11.8 Å². The number of nitrogens with zero attached hydrogens (tertiary/aromatic N) is 7. The highest BCUT2D eigenvalue weighted by molar-refractivity contribution is 5.81. The van der Waals surface area contributed by atoms with Gasteiger partial charge in [0.2, 0.25) is 5.91 Å². The summed E-state index contributed by atoms with van der Waals surface area (Å²) in [6, 6.07) is 5.86. The number of amides is 1. The minimum absolute atomic E-state index is 0.0284. The van der Waals surface area contributed by atoms with Crippen LogP contribution in [0.1, 0.15) is 30.9 Å². The predicted octanol–water partition coefficient (Wildman–Crippen LogP) is 1.91. The maximum Gasteiger partial charge on any atom is 0.220 e. The van der Waals surface area contributed by atoms with Crippen LogP contribution in [0.4, 0.5) is 0 Å². The molecule has 0 spiro atoms. The molecule has 3 aromatic heterocycles. The number of aromatic nitrogens is 7. The number of benzene rings is 1. The lowest BCUT2D eigenvalue weighted by Gasteiger charge is -2.09. The maximum atomic E-state index is 11.4. The molecule has 4 aromatic rings. The van der Waals surface area contributed by atoms with Gasteiger partial charge in [-0.2, -0.15) is 4.68 Å². The average molecular weight is 388 g/mol. The van der Waals surface area contributed by atoms with Crippen LogP contribution in [-0.2, 0) is 11.2 Å². The van der Waals surface area contributed by atoms with Crippen molar-refractivity contribution in [3.05, 3.63) is 42.2 Å². The van der Waals surface area contributed by atoms with E-state index in [1.807, 2.05) is 25.1 Å². The number of hydrogen-bond acceptors (Lipinski definition) is 7. The Morgan fingerprint density at radius 2 is 2.07 bits per heavy atom. The topological polar surface area (TPSA) is 125 Å². The van der Waals surface area contributed by atoms with Gasteiger partial charge in [-0.05, 0) is 50.3 Å². The van der Waals surface area contributed by atoms with Gasteiger partial charge in [0, 0.05) is 23.9 Å². The van der Waals surface area contributed by atoms with Crippen LogP contribution in [0.2, 0.25) is 0 Å². The number of rotatable bonds is 4. The molecule has 2 N–H and O–H groups in total. The molecule has 0 bridgehead atoms. The van der Waals surface area contributed by atoms with Gasteiger partial charge in [-0.1, -0.05) is 5.21 Å². The monoisotopic (exact) mass is 388 g/mol. The summed E-state index contributed by atoms with van der Waals surface area (Å²) in [6.07, 6.45) is 6.84. The van der Waals surface area contributed by atoms with E-state index in [4.69, 9.17) is 10.7 Å². The fraction of sp³-hybridized carbons (Fsp3) is 0.350. The number of hydrogen-bond donors (Lipinski definition) is 1. The molecule has 0 aliphatic heterocycles. The zero-order valence-electron chi connectivity index (χ0n) is 16.0. The van der Waals surface area contributed by atoms with E-state index in [1.165, 1.54) is 0 Å². The van der Waals surface area contributed by atoms with Crippen LogP contribution in [0.5, 0.6) is 0 Å². The summed E-state index contributed by atoms with van der Waals surface area (Å²) in [5, 5.41) is 9.38. The van der Waals surface area contributed by atoms with Gasteiger partial charge in [-0.15, -0.1) is 5.10 Å². The first-order chi connectivity index (χ1) is 14.1. The lowest BCUT2D eigenvalue weighted by molar-refractivity contribution is -0.121. The van der Waals surface area contributed by atoms with E-state index in [9.17, 15) is 4.79 Å². The quantitative estimate of drug-likeness (QED) is 0.566. The van der Waals surface area contributed by atoms with Crippen molar-refractivity contribution in [1.29, 1.82) is 0 Å². The minimum atomic E-state index is -0.207.